The van der Waals surface area contributed by atoms with E-state index in [0.717, 1.165) is 4.90 Å². The summed E-state index contributed by atoms with van der Waals surface area (Å²) in [6, 6.07) is 10.7. The van der Waals surface area contributed by atoms with Crippen molar-refractivity contribution in [2.75, 3.05) is 36.2 Å². The number of benzene rings is 2. The molecule has 2 aliphatic heterocycles. The number of anilines is 2. The molecular weight excluding hydrogens is 487 g/mol. The number of amides is 2. The SMILES string of the molecule is COc1ccc2ncc(F)c(CNC[C@@H](O)C[C@H]3CN(c4ccc5c(c4)NC(=O)CS5)C(=O)O3)c2c1. The van der Waals surface area contributed by atoms with Crippen molar-refractivity contribution in [3.05, 3.63) is 54.0 Å². The Labute approximate surface area is 211 Å². The molecule has 2 aliphatic rings. The molecule has 188 valence electrons. The number of carbonyl (C=O) groups excluding carboxylic acids is 2. The van der Waals surface area contributed by atoms with Crippen LogP contribution in [0.5, 0.6) is 5.75 Å². The number of cyclic esters (lactones) is 1. The summed E-state index contributed by atoms with van der Waals surface area (Å²) in [4.78, 5) is 30.7. The predicted octanol–water partition coefficient (Wildman–Crippen LogP) is 3.29. The topological polar surface area (TPSA) is 113 Å². The van der Waals surface area contributed by atoms with Gasteiger partial charge in [-0.15, -0.1) is 11.8 Å². The van der Waals surface area contributed by atoms with E-state index in [0.29, 0.717) is 39.3 Å². The molecule has 1 saturated heterocycles. The lowest BCUT2D eigenvalue weighted by Crippen LogP contribution is -2.31. The largest absolute Gasteiger partial charge is 0.497 e. The van der Waals surface area contributed by atoms with Gasteiger partial charge in [-0.05, 0) is 36.4 Å². The zero-order chi connectivity index (χ0) is 25.2. The van der Waals surface area contributed by atoms with Crippen LogP contribution >= 0.6 is 11.8 Å². The third kappa shape index (κ3) is 5.08. The minimum atomic E-state index is -0.812. The van der Waals surface area contributed by atoms with Gasteiger partial charge >= 0.3 is 6.09 Å². The molecule has 3 heterocycles. The smallest absolute Gasteiger partial charge is 0.414 e. The Balaban J connectivity index is 1.17. The maximum atomic E-state index is 14.5. The first-order chi connectivity index (χ1) is 17.4. The highest BCUT2D eigenvalue weighted by Gasteiger charge is 2.34. The number of fused-ring (bicyclic) bond motifs is 2. The summed E-state index contributed by atoms with van der Waals surface area (Å²) in [5.74, 6) is 0.437. The van der Waals surface area contributed by atoms with E-state index in [-0.39, 0.29) is 32.0 Å². The lowest BCUT2D eigenvalue weighted by Gasteiger charge is -2.20. The molecule has 36 heavy (non-hydrogen) atoms. The van der Waals surface area contributed by atoms with Crippen molar-refractivity contribution < 1.29 is 28.6 Å². The van der Waals surface area contributed by atoms with Gasteiger partial charge < -0.3 is 25.2 Å². The highest BCUT2D eigenvalue weighted by Crippen LogP contribution is 2.35. The summed E-state index contributed by atoms with van der Waals surface area (Å²) in [6.07, 6.45) is -0.418. The number of thioether (sulfide) groups is 1. The summed E-state index contributed by atoms with van der Waals surface area (Å²) in [5.41, 5.74) is 2.37. The zero-order valence-electron chi connectivity index (χ0n) is 19.5. The molecule has 0 spiro atoms. The van der Waals surface area contributed by atoms with Gasteiger partial charge in [0.15, 0.2) is 0 Å². The van der Waals surface area contributed by atoms with Crippen molar-refractivity contribution in [3.63, 3.8) is 0 Å². The van der Waals surface area contributed by atoms with Crippen molar-refractivity contribution in [1.82, 2.24) is 10.3 Å². The Hall–Kier alpha value is -3.41. The van der Waals surface area contributed by atoms with Crippen LogP contribution in [0, 0.1) is 5.82 Å². The molecule has 0 radical (unpaired) electrons. The maximum absolute atomic E-state index is 14.5. The fourth-order valence-electron chi connectivity index (χ4n) is 4.35. The molecule has 0 saturated carbocycles. The molecule has 3 aromatic rings. The monoisotopic (exact) mass is 512 g/mol. The number of aromatic nitrogens is 1. The van der Waals surface area contributed by atoms with Gasteiger partial charge in [0.05, 0.1) is 42.9 Å². The third-order valence-corrected chi connectivity index (χ3v) is 7.21. The maximum Gasteiger partial charge on any atom is 0.414 e. The molecule has 9 nitrogen and oxygen atoms in total. The second-order valence-corrected chi connectivity index (χ2v) is 9.64. The van der Waals surface area contributed by atoms with Crippen molar-refractivity contribution in [2.24, 2.45) is 0 Å². The Morgan fingerprint density at radius 2 is 2.19 bits per heavy atom. The highest BCUT2D eigenvalue weighted by molar-refractivity contribution is 8.00. The molecule has 2 amide bonds. The molecule has 3 N–H and O–H groups in total. The number of aliphatic hydroxyl groups is 1. The second-order valence-electron chi connectivity index (χ2n) is 8.62. The molecule has 0 unspecified atom stereocenters. The van der Waals surface area contributed by atoms with E-state index in [9.17, 15) is 19.1 Å². The Morgan fingerprint density at radius 1 is 1.33 bits per heavy atom. The van der Waals surface area contributed by atoms with E-state index in [1.807, 2.05) is 12.1 Å². The third-order valence-electron chi connectivity index (χ3n) is 6.13. The summed E-state index contributed by atoms with van der Waals surface area (Å²) in [5, 5.41) is 17.1. The lowest BCUT2D eigenvalue weighted by molar-refractivity contribution is -0.113. The van der Waals surface area contributed by atoms with Gasteiger partial charge in [-0.3, -0.25) is 14.7 Å². The molecule has 11 heteroatoms. The van der Waals surface area contributed by atoms with Crippen LogP contribution in [0.3, 0.4) is 0 Å². The van der Waals surface area contributed by atoms with Crippen LogP contribution in [0.2, 0.25) is 0 Å². The molecule has 0 bridgehead atoms. The number of hydrogen-bond donors (Lipinski definition) is 3. The molecule has 2 atom stereocenters. The van der Waals surface area contributed by atoms with Crippen LogP contribution in [-0.4, -0.2) is 60.3 Å². The first-order valence-electron chi connectivity index (χ1n) is 11.5. The number of nitrogens with one attached hydrogen (secondary N) is 2. The van der Waals surface area contributed by atoms with Gasteiger partial charge in [0.2, 0.25) is 5.91 Å². The summed E-state index contributed by atoms with van der Waals surface area (Å²) in [6.45, 7) is 0.646. The average Bonchev–Trinajstić information content (AvgIpc) is 3.24. The van der Waals surface area contributed by atoms with Crippen molar-refractivity contribution in [2.45, 2.75) is 30.1 Å². The number of ether oxygens (including phenoxy) is 2. The molecule has 0 aliphatic carbocycles. The minimum Gasteiger partial charge on any atom is -0.497 e. The summed E-state index contributed by atoms with van der Waals surface area (Å²) >= 11 is 1.45. The van der Waals surface area contributed by atoms with Crippen LogP contribution in [-0.2, 0) is 16.1 Å². The number of halogens is 1. The van der Waals surface area contributed by atoms with Gasteiger partial charge in [0, 0.05) is 41.0 Å². The van der Waals surface area contributed by atoms with Gasteiger partial charge in [0.1, 0.15) is 17.7 Å². The van der Waals surface area contributed by atoms with Crippen molar-refractivity contribution >= 4 is 46.0 Å². The van der Waals surface area contributed by atoms with E-state index >= 15 is 0 Å². The van der Waals surface area contributed by atoms with Crippen LogP contribution in [0.4, 0.5) is 20.6 Å². The number of methoxy groups -OCH3 is 1. The fraction of sp³-hybridized carbons (Fsp3) is 0.320. The second kappa shape index (κ2) is 10.3. The van der Waals surface area contributed by atoms with Crippen LogP contribution in [0.25, 0.3) is 10.9 Å². The summed E-state index contributed by atoms with van der Waals surface area (Å²) in [7, 11) is 1.54. The molecule has 2 aromatic carbocycles. The predicted molar refractivity (Wildman–Crippen MR) is 134 cm³/mol. The number of rotatable bonds is 8. The van der Waals surface area contributed by atoms with Crippen molar-refractivity contribution in [3.8, 4) is 5.75 Å². The molecular formula is C25H25FN4O5S. The first kappa shape index (κ1) is 24.3. The number of aliphatic hydroxyl groups excluding tert-OH is 1. The number of nitrogens with zero attached hydrogens (tertiary/aromatic N) is 2. The Bertz CT molecular complexity index is 1320. The van der Waals surface area contributed by atoms with Crippen LogP contribution in [0.1, 0.15) is 12.0 Å². The van der Waals surface area contributed by atoms with E-state index in [2.05, 4.69) is 15.6 Å². The van der Waals surface area contributed by atoms with E-state index in [1.165, 1.54) is 22.9 Å². The van der Waals surface area contributed by atoms with Gasteiger partial charge in [-0.2, -0.15) is 0 Å². The highest BCUT2D eigenvalue weighted by atomic mass is 32.2. The fourth-order valence-corrected chi connectivity index (χ4v) is 5.14. The Morgan fingerprint density at radius 3 is 3.03 bits per heavy atom. The normalized spacial score (nSPS) is 18.1. The number of hydrogen-bond acceptors (Lipinski definition) is 8. The van der Waals surface area contributed by atoms with E-state index < -0.39 is 24.1 Å². The Kier molecular flexibility index (Phi) is 6.95. The summed E-state index contributed by atoms with van der Waals surface area (Å²) < 4.78 is 25.2. The van der Waals surface area contributed by atoms with Gasteiger partial charge in [0.25, 0.3) is 0 Å². The standard InChI is InChI=1S/C25H25FN4O5S/c1-34-16-3-4-21-18(8-16)19(20(26)11-28-21)10-27-9-15(31)7-17-12-30(25(33)35-17)14-2-5-23-22(6-14)29-24(32)13-36-23/h2-6,8,11,15,17,27,31H,7,9-10,12-13H2,1H3,(H,29,32)/t15-,17-/m0/s1. The molecule has 5 rings (SSSR count). The van der Waals surface area contributed by atoms with Crippen molar-refractivity contribution in [1.29, 1.82) is 0 Å². The van der Waals surface area contributed by atoms with Crippen LogP contribution in [0.15, 0.2) is 47.5 Å². The quantitative estimate of drug-likeness (QED) is 0.422. The molecule has 1 aromatic heterocycles. The number of carbonyl (C=O) groups is 2. The van der Waals surface area contributed by atoms with Gasteiger partial charge in [-0.1, -0.05) is 0 Å². The average molecular weight is 513 g/mol. The first-order valence-corrected chi connectivity index (χ1v) is 12.4. The van der Waals surface area contributed by atoms with Crippen LogP contribution < -0.4 is 20.3 Å². The number of pyridine rings is 1. The molecule has 1 fully saturated rings. The van der Waals surface area contributed by atoms with E-state index in [4.69, 9.17) is 9.47 Å². The lowest BCUT2D eigenvalue weighted by atomic mass is 10.1. The van der Waals surface area contributed by atoms with Gasteiger partial charge in [-0.25, -0.2) is 9.18 Å². The van der Waals surface area contributed by atoms with E-state index in [1.54, 1.807) is 31.4 Å². The minimum absolute atomic E-state index is 0.0825. The zero-order valence-corrected chi connectivity index (χ0v) is 20.3.